The van der Waals surface area contributed by atoms with Crippen molar-refractivity contribution in [3.63, 3.8) is 0 Å². The van der Waals surface area contributed by atoms with E-state index in [4.69, 9.17) is 21.4 Å². The molecule has 2 aromatic carbocycles. The van der Waals surface area contributed by atoms with Crippen molar-refractivity contribution in [1.29, 1.82) is 0 Å². The molecule has 0 saturated carbocycles. The van der Waals surface area contributed by atoms with Gasteiger partial charge in [-0.15, -0.1) is 0 Å². The second-order valence-electron chi connectivity index (χ2n) is 5.08. The first kappa shape index (κ1) is 16.1. The van der Waals surface area contributed by atoms with Gasteiger partial charge >= 0.3 is 5.97 Å². The fourth-order valence-corrected chi connectivity index (χ4v) is 2.52. The van der Waals surface area contributed by atoms with E-state index in [1.165, 1.54) is 18.2 Å². The number of aromatic nitrogens is 1. The fourth-order valence-electron chi connectivity index (χ4n) is 2.29. The zero-order valence-corrected chi connectivity index (χ0v) is 13.2. The highest BCUT2D eigenvalue weighted by Crippen LogP contribution is 2.28. The highest BCUT2D eigenvalue weighted by molar-refractivity contribution is 6.32. The molecule has 3 aromatic rings. The number of nitrogens with zero attached hydrogens (tertiary/aromatic N) is 1. The first-order valence-corrected chi connectivity index (χ1v) is 7.50. The second-order valence-corrected chi connectivity index (χ2v) is 5.48. The van der Waals surface area contributed by atoms with Gasteiger partial charge in [0.15, 0.2) is 0 Å². The quantitative estimate of drug-likeness (QED) is 0.738. The average molecular weight is 346 g/mol. The van der Waals surface area contributed by atoms with Crippen LogP contribution in [-0.2, 0) is 6.61 Å². The molecule has 0 bridgehead atoms. The molecular weight excluding hydrogens is 333 g/mol. The van der Waals surface area contributed by atoms with Crippen LogP contribution in [0.3, 0.4) is 0 Å². The van der Waals surface area contributed by atoms with Crippen molar-refractivity contribution in [3.8, 4) is 11.4 Å². The number of carboxylic acid groups (broad SMARTS) is 1. The third-order valence-electron chi connectivity index (χ3n) is 3.51. The second kappa shape index (κ2) is 6.76. The van der Waals surface area contributed by atoms with Crippen LogP contribution in [0.1, 0.15) is 15.9 Å². The Bertz CT molecular complexity index is 878. The molecule has 1 N–H and O–H groups in total. The summed E-state index contributed by atoms with van der Waals surface area (Å²) in [6, 6.07) is 13.2. The Hall–Kier alpha value is -2.79. The number of halogens is 2. The number of benzene rings is 2. The van der Waals surface area contributed by atoms with Gasteiger partial charge in [-0.1, -0.05) is 23.7 Å². The molecule has 0 aliphatic rings. The van der Waals surface area contributed by atoms with Gasteiger partial charge in [-0.25, -0.2) is 9.18 Å². The lowest BCUT2D eigenvalue weighted by atomic mass is 10.1. The first-order valence-electron chi connectivity index (χ1n) is 7.12. The van der Waals surface area contributed by atoms with E-state index in [1.807, 2.05) is 35.2 Å². The van der Waals surface area contributed by atoms with Crippen LogP contribution in [0.2, 0.25) is 5.02 Å². The van der Waals surface area contributed by atoms with E-state index in [9.17, 15) is 9.18 Å². The molecule has 0 radical (unpaired) electrons. The molecule has 6 heteroatoms. The van der Waals surface area contributed by atoms with E-state index < -0.39 is 11.8 Å². The summed E-state index contributed by atoms with van der Waals surface area (Å²) < 4.78 is 21.5. The first-order chi connectivity index (χ1) is 11.6. The van der Waals surface area contributed by atoms with Gasteiger partial charge in [-0.05, 0) is 36.4 Å². The van der Waals surface area contributed by atoms with Gasteiger partial charge in [0.25, 0.3) is 0 Å². The molecule has 0 spiro atoms. The Balaban J connectivity index is 1.78. The Morgan fingerprint density at radius 2 is 1.92 bits per heavy atom. The summed E-state index contributed by atoms with van der Waals surface area (Å²) in [5, 5.41) is 9.32. The van der Waals surface area contributed by atoms with E-state index in [0.717, 1.165) is 5.69 Å². The summed E-state index contributed by atoms with van der Waals surface area (Å²) in [5.74, 6) is -1.72. The SMILES string of the molecule is O=C(O)c1cccc(COc2ccc(-n3cccc3)cc2Cl)c1F. The Morgan fingerprint density at radius 1 is 1.17 bits per heavy atom. The smallest absolute Gasteiger partial charge is 0.338 e. The summed E-state index contributed by atoms with van der Waals surface area (Å²) in [6.45, 7) is -0.116. The van der Waals surface area contributed by atoms with Crippen molar-refractivity contribution < 1.29 is 19.0 Å². The molecule has 0 amide bonds. The van der Waals surface area contributed by atoms with Crippen LogP contribution < -0.4 is 4.74 Å². The van der Waals surface area contributed by atoms with Crippen LogP contribution in [0.15, 0.2) is 60.9 Å². The highest BCUT2D eigenvalue weighted by Gasteiger charge is 2.14. The Labute approximate surface area is 142 Å². The number of rotatable bonds is 5. The third-order valence-corrected chi connectivity index (χ3v) is 3.81. The molecule has 4 nitrogen and oxygen atoms in total. The lowest BCUT2D eigenvalue weighted by Crippen LogP contribution is -2.06. The molecule has 1 heterocycles. The monoisotopic (exact) mass is 345 g/mol. The highest BCUT2D eigenvalue weighted by atomic mass is 35.5. The van der Waals surface area contributed by atoms with Crippen LogP contribution >= 0.6 is 11.6 Å². The van der Waals surface area contributed by atoms with Crippen molar-refractivity contribution >= 4 is 17.6 Å². The van der Waals surface area contributed by atoms with Crippen LogP contribution in [-0.4, -0.2) is 15.6 Å². The van der Waals surface area contributed by atoms with Crippen molar-refractivity contribution in [2.75, 3.05) is 0 Å². The van der Waals surface area contributed by atoms with Gasteiger partial charge in [0, 0.05) is 23.6 Å². The maximum Gasteiger partial charge on any atom is 0.338 e. The van der Waals surface area contributed by atoms with Crippen LogP contribution in [0.4, 0.5) is 4.39 Å². The standard InChI is InChI=1S/C18H13ClFNO3/c19-15-10-13(21-8-1-2-9-21)6-7-16(15)24-11-12-4-3-5-14(17(12)20)18(22)23/h1-10H,11H2,(H,22,23). The van der Waals surface area contributed by atoms with Gasteiger partial charge in [0.1, 0.15) is 18.2 Å². The fraction of sp³-hybridized carbons (Fsp3) is 0.0556. The number of hydrogen-bond acceptors (Lipinski definition) is 2. The Kier molecular flexibility index (Phi) is 4.53. The van der Waals surface area contributed by atoms with Gasteiger partial charge in [0.2, 0.25) is 0 Å². The zero-order chi connectivity index (χ0) is 17.1. The number of aromatic carboxylic acids is 1. The minimum atomic E-state index is -1.32. The number of ether oxygens (including phenoxy) is 1. The van der Waals surface area contributed by atoms with Crippen molar-refractivity contribution in [1.82, 2.24) is 4.57 Å². The van der Waals surface area contributed by atoms with E-state index >= 15 is 0 Å². The van der Waals surface area contributed by atoms with Crippen molar-refractivity contribution in [3.05, 3.63) is 82.9 Å². The predicted octanol–water partition coefficient (Wildman–Crippen LogP) is 4.55. The number of carbonyl (C=O) groups is 1. The van der Waals surface area contributed by atoms with Gasteiger partial charge in [-0.3, -0.25) is 0 Å². The van der Waals surface area contributed by atoms with E-state index in [1.54, 1.807) is 12.1 Å². The summed E-state index contributed by atoms with van der Waals surface area (Å²) in [4.78, 5) is 10.9. The van der Waals surface area contributed by atoms with Crippen LogP contribution in [0.25, 0.3) is 5.69 Å². The largest absolute Gasteiger partial charge is 0.487 e. The Morgan fingerprint density at radius 3 is 2.58 bits per heavy atom. The molecule has 0 saturated heterocycles. The summed E-state index contributed by atoms with van der Waals surface area (Å²) >= 11 is 6.21. The molecule has 24 heavy (non-hydrogen) atoms. The molecule has 0 fully saturated rings. The van der Waals surface area contributed by atoms with E-state index in [2.05, 4.69) is 0 Å². The van der Waals surface area contributed by atoms with Crippen molar-refractivity contribution in [2.45, 2.75) is 6.61 Å². The molecule has 3 rings (SSSR count). The molecule has 0 unspecified atom stereocenters. The number of carboxylic acids is 1. The maximum atomic E-state index is 14.1. The molecule has 1 aromatic heterocycles. The van der Waals surface area contributed by atoms with E-state index in [-0.39, 0.29) is 17.7 Å². The minimum Gasteiger partial charge on any atom is -0.487 e. The lowest BCUT2D eigenvalue weighted by Gasteiger charge is -2.11. The average Bonchev–Trinajstić information content (AvgIpc) is 3.09. The minimum absolute atomic E-state index is 0.116. The van der Waals surface area contributed by atoms with Crippen LogP contribution in [0, 0.1) is 5.82 Å². The van der Waals surface area contributed by atoms with Gasteiger partial charge in [0.05, 0.1) is 10.6 Å². The van der Waals surface area contributed by atoms with Gasteiger partial charge in [-0.2, -0.15) is 0 Å². The predicted molar refractivity (Wildman–Crippen MR) is 88.5 cm³/mol. The summed E-state index contributed by atoms with van der Waals surface area (Å²) in [5.41, 5.74) is 0.641. The van der Waals surface area contributed by atoms with Crippen molar-refractivity contribution in [2.24, 2.45) is 0 Å². The maximum absolute atomic E-state index is 14.1. The zero-order valence-electron chi connectivity index (χ0n) is 12.4. The lowest BCUT2D eigenvalue weighted by molar-refractivity contribution is 0.0691. The summed E-state index contributed by atoms with van der Waals surface area (Å²) in [7, 11) is 0. The number of hydrogen-bond donors (Lipinski definition) is 1. The van der Waals surface area contributed by atoms with Gasteiger partial charge < -0.3 is 14.4 Å². The summed E-state index contributed by atoms with van der Waals surface area (Å²) in [6.07, 6.45) is 3.78. The molecule has 0 aliphatic heterocycles. The normalized spacial score (nSPS) is 10.6. The molecule has 0 atom stereocenters. The van der Waals surface area contributed by atoms with E-state index in [0.29, 0.717) is 10.8 Å². The molecule has 0 aliphatic carbocycles. The molecule has 122 valence electrons. The van der Waals surface area contributed by atoms with Crippen LogP contribution in [0.5, 0.6) is 5.75 Å². The third kappa shape index (κ3) is 3.26. The molecular formula is C18H13ClFNO3. The topological polar surface area (TPSA) is 51.5 Å².